The van der Waals surface area contributed by atoms with Crippen molar-refractivity contribution in [2.24, 2.45) is 0 Å². The first kappa shape index (κ1) is 19.4. The van der Waals surface area contributed by atoms with Gasteiger partial charge in [-0.3, -0.25) is 4.79 Å². The third-order valence-corrected chi connectivity index (χ3v) is 6.07. The Morgan fingerprint density at radius 1 is 1.19 bits per heavy atom. The van der Waals surface area contributed by atoms with Crippen LogP contribution < -0.4 is 4.72 Å². The number of carbonyl (C=O) groups excluding carboxylic acids is 1. The van der Waals surface area contributed by atoms with Crippen LogP contribution in [0.4, 0.5) is 0 Å². The normalized spacial score (nSPS) is 14.3. The molecule has 1 aromatic carbocycles. The highest BCUT2D eigenvalue weighted by molar-refractivity contribution is 7.89. The van der Waals surface area contributed by atoms with Crippen molar-refractivity contribution in [1.82, 2.24) is 19.6 Å². The zero-order valence-electron chi connectivity index (χ0n) is 15.8. The van der Waals surface area contributed by atoms with E-state index in [0.29, 0.717) is 13.1 Å². The quantitative estimate of drug-likeness (QED) is 0.846. The molecule has 2 aromatic rings. The van der Waals surface area contributed by atoms with Gasteiger partial charge in [-0.2, -0.15) is 0 Å². The lowest BCUT2D eigenvalue weighted by molar-refractivity contribution is -0.131. The number of nitrogens with one attached hydrogen (secondary N) is 1. The highest BCUT2D eigenvalue weighted by Crippen LogP contribution is 2.23. The first-order valence-corrected chi connectivity index (χ1v) is 10.3. The molecule has 0 atom stereocenters. The molecule has 0 unspecified atom stereocenters. The minimum atomic E-state index is -3.64. The van der Waals surface area contributed by atoms with Crippen molar-refractivity contribution in [2.45, 2.75) is 50.6 Å². The molecule has 144 valence electrons. The van der Waals surface area contributed by atoms with Gasteiger partial charge >= 0.3 is 0 Å². The van der Waals surface area contributed by atoms with Crippen molar-refractivity contribution in [3.8, 4) is 0 Å². The number of aromatic nitrogens is 2. The van der Waals surface area contributed by atoms with Crippen molar-refractivity contribution in [1.29, 1.82) is 0 Å². The van der Waals surface area contributed by atoms with Crippen LogP contribution in [-0.4, -0.2) is 35.7 Å². The van der Waals surface area contributed by atoms with Gasteiger partial charge in [-0.05, 0) is 23.1 Å². The lowest BCUT2D eigenvalue weighted by Gasteiger charge is -2.19. The topological polar surface area (TPSA) is 92.3 Å². The molecule has 0 radical (unpaired) electrons. The lowest BCUT2D eigenvalue weighted by atomic mass is 9.87. The van der Waals surface area contributed by atoms with E-state index in [1.807, 2.05) is 12.1 Å². The molecule has 8 heteroatoms. The Bertz CT molecular complexity index is 909. The Balaban J connectivity index is 1.54. The minimum absolute atomic E-state index is 0.0418. The van der Waals surface area contributed by atoms with Crippen LogP contribution in [0.15, 0.2) is 41.7 Å². The van der Waals surface area contributed by atoms with Crippen LogP contribution in [0.25, 0.3) is 0 Å². The Morgan fingerprint density at radius 2 is 1.89 bits per heavy atom. The van der Waals surface area contributed by atoms with Crippen LogP contribution in [0.2, 0.25) is 0 Å². The third kappa shape index (κ3) is 4.51. The van der Waals surface area contributed by atoms with Crippen molar-refractivity contribution in [3.63, 3.8) is 0 Å². The largest absolute Gasteiger partial charge is 0.332 e. The number of fused-ring (bicyclic) bond motifs is 1. The molecule has 1 aliphatic heterocycles. The summed E-state index contributed by atoms with van der Waals surface area (Å²) in [5.74, 6) is -0.112. The zero-order chi connectivity index (χ0) is 19.7. The molecule has 0 bridgehead atoms. The van der Waals surface area contributed by atoms with E-state index in [4.69, 9.17) is 0 Å². The minimum Gasteiger partial charge on any atom is -0.332 e. The molecule has 0 saturated heterocycles. The highest BCUT2D eigenvalue weighted by Gasteiger charge is 2.24. The van der Waals surface area contributed by atoms with Crippen LogP contribution in [0.3, 0.4) is 0 Å². The van der Waals surface area contributed by atoms with E-state index in [0.717, 1.165) is 16.8 Å². The fourth-order valence-electron chi connectivity index (χ4n) is 2.94. The number of sulfonamides is 1. The Morgan fingerprint density at radius 3 is 2.52 bits per heavy atom. The highest BCUT2D eigenvalue weighted by atomic mass is 32.2. The number of hydrogen-bond donors (Lipinski definition) is 1. The molecule has 2 heterocycles. The number of rotatable bonds is 5. The molecule has 0 fully saturated rings. The average molecular weight is 388 g/mol. The van der Waals surface area contributed by atoms with Gasteiger partial charge in [0.25, 0.3) is 0 Å². The summed E-state index contributed by atoms with van der Waals surface area (Å²) >= 11 is 0. The SMILES string of the molecule is CC(C)(C)c1ccc(S(=O)(=O)NCCC(=O)N2Cc3cncnc3C2)cc1. The molecule has 1 aromatic heterocycles. The summed E-state index contributed by atoms with van der Waals surface area (Å²) in [7, 11) is -3.64. The summed E-state index contributed by atoms with van der Waals surface area (Å²) in [6, 6.07) is 6.84. The van der Waals surface area contributed by atoms with Gasteiger partial charge in [-0.1, -0.05) is 32.9 Å². The molecule has 0 spiro atoms. The van der Waals surface area contributed by atoms with E-state index in [9.17, 15) is 13.2 Å². The molecular formula is C19H24N4O3S. The van der Waals surface area contributed by atoms with E-state index in [-0.39, 0.29) is 29.2 Å². The second kappa shape index (κ2) is 7.36. The van der Waals surface area contributed by atoms with Crippen LogP contribution in [-0.2, 0) is 33.3 Å². The number of carbonyl (C=O) groups is 1. The molecule has 7 nitrogen and oxygen atoms in total. The van der Waals surface area contributed by atoms with Gasteiger partial charge in [0.15, 0.2) is 0 Å². The first-order chi connectivity index (χ1) is 12.7. The Hall–Kier alpha value is -2.32. The van der Waals surface area contributed by atoms with Gasteiger partial charge in [-0.25, -0.2) is 23.1 Å². The third-order valence-electron chi connectivity index (χ3n) is 4.60. The van der Waals surface area contributed by atoms with Gasteiger partial charge in [0.05, 0.1) is 17.1 Å². The van der Waals surface area contributed by atoms with Gasteiger partial charge in [0.2, 0.25) is 15.9 Å². The number of amides is 1. The molecule has 1 amide bonds. The maximum absolute atomic E-state index is 12.4. The number of benzene rings is 1. The standard InChI is InChI=1S/C19H24N4O3S/c1-19(2,3)15-4-6-16(7-5-15)27(25,26)22-9-8-18(24)23-11-14-10-20-13-21-17(14)12-23/h4-7,10,13,22H,8-9,11-12H2,1-3H3. The van der Waals surface area contributed by atoms with Gasteiger partial charge < -0.3 is 4.90 Å². The average Bonchev–Trinajstić information content (AvgIpc) is 3.05. The number of nitrogens with zero attached hydrogens (tertiary/aromatic N) is 3. The fraction of sp³-hybridized carbons (Fsp3) is 0.421. The van der Waals surface area contributed by atoms with Gasteiger partial charge in [-0.15, -0.1) is 0 Å². The smallest absolute Gasteiger partial charge is 0.240 e. The lowest BCUT2D eigenvalue weighted by Crippen LogP contribution is -2.31. The summed E-state index contributed by atoms with van der Waals surface area (Å²) < 4.78 is 27.3. The summed E-state index contributed by atoms with van der Waals surface area (Å²) in [6.45, 7) is 7.18. The van der Waals surface area contributed by atoms with Gasteiger partial charge in [0, 0.05) is 31.3 Å². The zero-order valence-corrected chi connectivity index (χ0v) is 16.6. The fourth-order valence-corrected chi connectivity index (χ4v) is 3.98. The molecule has 0 aliphatic carbocycles. The summed E-state index contributed by atoms with van der Waals surface area (Å²) in [6.07, 6.45) is 3.27. The second-order valence-corrected chi connectivity index (χ2v) is 9.43. The van der Waals surface area contributed by atoms with Crippen molar-refractivity contribution in [2.75, 3.05) is 6.54 Å². The molecule has 0 saturated carbocycles. The summed E-state index contributed by atoms with van der Waals surface area (Å²) in [5.41, 5.74) is 2.80. The van der Waals surface area contributed by atoms with Crippen LogP contribution >= 0.6 is 0 Å². The van der Waals surface area contributed by atoms with Crippen LogP contribution in [0.5, 0.6) is 0 Å². The molecular weight excluding hydrogens is 364 g/mol. The van der Waals surface area contributed by atoms with Crippen LogP contribution in [0.1, 0.15) is 44.0 Å². The van der Waals surface area contributed by atoms with Crippen LogP contribution in [0, 0.1) is 0 Å². The van der Waals surface area contributed by atoms with Gasteiger partial charge in [0.1, 0.15) is 6.33 Å². The van der Waals surface area contributed by atoms with E-state index in [2.05, 4.69) is 35.5 Å². The van der Waals surface area contributed by atoms with E-state index in [1.54, 1.807) is 23.2 Å². The molecule has 1 N–H and O–H groups in total. The Kier molecular flexibility index (Phi) is 5.30. The predicted octanol–water partition coefficient (Wildman–Crippen LogP) is 1.98. The van der Waals surface area contributed by atoms with E-state index in [1.165, 1.54) is 6.33 Å². The van der Waals surface area contributed by atoms with Crippen molar-refractivity contribution >= 4 is 15.9 Å². The van der Waals surface area contributed by atoms with Crippen molar-refractivity contribution < 1.29 is 13.2 Å². The second-order valence-electron chi connectivity index (χ2n) is 7.67. The Labute approximate surface area is 159 Å². The van der Waals surface area contributed by atoms with E-state index < -0.39 is 10.0 Å². The first-order valence-electron chi connectivity index (χ1n) is 8.82. The summed E-state index contributed by atoms with van der Waals surface area (Å²) in [5, 5.41) is 0. The monoisotopic (exact) mass is 388 g/mol. The summed E-state index contributed by atoms with van der Waals surface area (Å²) in [4.78, 5) is 22.3. The maximum atomic E-state index is 12.4. The van der Waals surface area contributed by atoms with Crippen molar-refractivity contribution in [3.05, 3.63) is 53.6 Å². The predicted molar refractivity (Wildman–Crippen MR) is 101 cm³/mol. The molecule has 27 heavy (non-hydrogen) atoms. The number of hydrogen-bond acceptors (Lipinski definition) is 5. The molecule has 1 aliphatic rings. The molecule has 3 rings (SSSR count). The van der Waals surface area contributed by atoms with E-state index >= 15 is 0 Å². The maximum Gasteiger partial charge on any atom is 0.240 e.